The normalized spacial score (nSPS) is 15.6. The molecule has 1 unspecified atom stereocenters. The number of nitrogens with zero attached hydrogens (tertiary/aromatic N) is 2. The largest absolute Gasteiger partial charge is 0.321 e. The van der Waals surface area contributed by atoms with Gasteiger partial charge in [-0.05, 0) is 42.5 Å². The molecule has 3 aromatic carbocycles. The number of likely N-dealkylation sites (N-methyl/N-ethyl adjacent to an activating group) is 1. The fraction of sp³-hybridized carbons (Fsp3) is 0.0870. The highest BCUT2D eigenvalue weighted by molar-refractivity contribution is 9.10. The number of halogens is 2. The average Bonchev–Trinajstić information content (AvgIpc) is 2.87. The highest BCUT2D eigenvalue weighted by Gasteiger charge is 2.31. The van der Waals surface area contributed by atoms with Crippen molar-refractivity contribution >= 4 is 45.0 Å². The molecule has 0 saturated carbocycles. The van der Waals surface area contributed by atoms with Crippen molar-refractivity contribution < 1.29 is 14.0 Å². The van der Waals surface area contributed by atoms with E-state index in [1.54, 1.807) is 73.8 Å². The maximum Gasteiger partial charge on any atom is 0.321 e. The fourth-order valence-electron chi connectivity index (χ4n) is 3.31. The number of anilines is 2. The molecule has 0 bridgehead atoms. The predicted octanol–water partition coefficient (Wildman–Crippen LogP) is 4.55. The number of benzene rings is 3. The molecule has 1 heterocycles. The molecule has 6 nitrogen and oxygen atoms in total. The first kappa shape index (κ1) is 20.7. The zero-order chi connectivity index (χ0) is 22.0. The lowest BCUT2D eigenvalue weighted by atomic mass is 10.00. The van der Waals surface area contributed by atoms with E-state index in [9.17, 15) is 14.0 Å². The lowest BCUT2D eigenvalue weighted by Crippen LogP contribution is -2.47. The van der Waals surface area contributed by atoms with Crippen LogP contribution in [-0.4, -0.2) is 30.9 Å². The van der Waals surface area contributed by atoms with Crippen LogP contribution in [0.1, 0.15) is 11.1 Å². The molecule has 1 atom stereocenters. The quantitative estimate of drug-likeness (QED) is 0.576. The number of para-hydroxylation sites is 1. The van der Waals surface area contributed by atoms with Crippen molar-refractivity contribution in [2.75, 3.05) is 17.3 Å². The van der Waals surface area contributed by atoms with Crippen molar-refractivity contribution in [1.82, 2.24) is 5.32 Å². The Balaban J connectivity index is 1.71. The Kier molecular flexibility index (Phi) is 5.81. The van der Waals surface area contributed by atoms with E-state index in [1.807, 2.05) is 0 Å². The van der Waals surface area contributed by atoms with Crippen LogP contribution in [-0.2, 0) is 4.79 Å². The Morgan fingerprint density at radius 3 is 2.35 bits per heavy atom. The summed E-state index contributed by atoms with van der Waals surface area (Å²) >= 11 is 3.34. The molecule has 0 aromatic heterocycles. The van der Waals surface area contributed by atoms with Gasteiger partial charge in [-0.1, -0.05) is 46.3 Å². The third kappa shape index (κ3) is 4.34. The van der Waals surface area contributed by atoms with Gasteiger partial charge in [0.1, 0.15) is 5.82 Å². The molecule has 8 heteroatoms. The number of carbonyl (C=O) groups is 2. The number of rotatable bonds is 3. The van der Waals surface area contributed by atoms with E-state index in [-0.39, 0.29) is 5.56 Å². The number of nitrogens with one attached hydrogen (secondary N) is 2. The van der Waals surface area contributed by atoms with Crippen LogP contribution in [0.15, 0.2) is 82.3 Å². The van der Waals surface area contributed by atoms with Gasteiger partial charge >= 0.3 is 6.03 Å². The molecule has 0 fully saturated rings. The van der Waals surface area contributed by atoms with Gasteiger partial charge in [-0.25, -0.2) is 14.2 Å². The first-order valence-electron chi connectivity index (χ1n) is 9.47. The number of hydrogen-bond donors (Lipinski definition) is 2. The average molecular weight is 481 g/mol. The highest BCUT2D eigenvalue weighted by Crippen LogP contribution is 2.28. The van der Waals surface area contributed by atoms with Crippen molar-refractivity contribution in [3.63, 3.8) is 0 Å². The van der Waals surface area contributed by atoms with E-state index in [4.69, 9.17) is 0 Å². The second-order valence-electron chi connectivity index (χ2n) is 6.88. The third-order valence-electron chi connectivity index (χ3n) is 4.84. The number of urea groups is 1. The summed E-state index contributed by atoms with van der Waals surface area (Å²) in [5.41, 5.74) is 2.27. The molecular formula is C23H18BrFN4O2. The van der Waals surface area contributed by atoms with Crippen LogP contribution in [0.25, 0.3) is 0 Å². The third-order valence-corrected chi connectivity index (χ3v) is 5.37. The maximum absolute atomic E-state index is 14.6. The van der Waals surface area contributed by atoms with E-state index in [0.717, 1.165) is 4.47 Å². The summed E-state index contributed by atoms with van der Waals surface area (Å²) in [6, 6.07) is 19.7. The van der Waals surface area contributed by atoms with Gasteiger partial charge in [0.15, 0.2) is 0 Å². The minimum absolute atomic E-state index is 0.248. The molecule has 1 aliphatic rings. The van der Waals surface area contributed by atoms with E-state index < -0.39 is 23.9 Å². The Morgan fingerprint density at radius 2 is 1.65 bits per heavy atom. The predicted molar refractivity (Wildman–Crippen MR) is 122 cm³/mol. The molecule has 0 aliphatic carbocycles. The van der Waals surface area contributed by atoms with Crippen molar-refractivity contribution in [1.29, 1.82) is 0 Å². The second-order valence-corrected chi connectivity index (χ2v) is 7.80. The number of benzodiazepines with no additional fused rings is 1. The van der Waals surface area contributed by atoms with Gasteiger partial charge < -0.3 is 15.5 Å². The highest BCUT2D eigenvalue weighted by atomic mass is 79.9. The molecule has 156 valence electrons. The Morgan fingerprint density at radius 1 is 1.00 bits per heavy atom. The zero-order valence-electron chi connectivity index (χ0n) is 16.5. The molecule has 4 rings (SSSR count). The molecule has 2 N–H and O–H groups in total. The lowest BCUT2D eigenvalue weighted by molar-refractivity contribution is -0.119. The van der Waals surface area contributed by atoms with Gasteiger partial charge in [-0.3, -0.25) is 4.79 Å². The first-order chi connectivity index (χ1) is 14.9. The zero-order valence-corrected chi connectivity index (χ0v) is 18.1. The molecule has 0 spiro atoms. The molecule has 3 amide bonds. The topological polar surface area (TPSA) is 73.8 Å². The van der Waals surface area contributed by atoms with Gasteiger partial charge in [0.2, 0.25) is 6.17 Å². The molecule has 3 aromatic rings. The first-order valence-corrected chi connectivity index (χ1v) is 10.3. The van der Waals surface area contributed by atoms with Crippen LogP contribution in [0.5, 0.6) is 0 Å². The number of aliphatic imine (C=N–C) groups is 1. The van der Waals surface area contributed by atoms with Gasteiger partial charge in [0.05, 0.1) is 11.4 Å². The Labute approximate surface area is 186 Å². The molecule has 1 aliphatic heterocycles. The van der Waals surface area contributed by atoms with Crippen molar-refractivity contribution in [2.45, 2.75) is 6.17 Å². The molecular weight excluding hydrogens is 463 g/mol. The summed E-state index contributed by atoms with van der Waals surface area (Å²) in [6.07, 6.45) is -1.23. The summed E-state index contributed by atoms with van der Waals surface area (Å²) in [5.74, 6) is -0.907. The monoisotopic (exact) mass is 480 g/mol. The molecule has 31 heavy (non-hydrogen) atoms. The Bertz CT molecular complexity index is 1180. The van der Waals surface area contributed by atoms with Gasteiger partial charge in [-0.2, -0.15) is 0 Å². The van der Waals surface area contributed by atoms with Gasteiger partial charge in [0, 0.05) is 28.3 Å². The van der Waals surface area contributed by atoms with Crippen LogP contribution >= 0.6 is 15.9 Å². The summed E-state index contributed by atoms with van der Waals surface area (Å²) < 4.78 is 15.5. The van der Waals surface area contributed by atoms with E-state index >= 15 is 0 Å². The standard InChI is InChI=1S/C23H18BrFN4O2/c1-29-19-9-5-3-7-17(19)20(16-6-2-4-8-18(16)25)27-21(22(29)30)28-23(31)26-15-12-10-14(24)11-13-15/h2-13,21H,1H3,(H2,26,28,31). The number of carbonyl (C=O) groups excluding carboxylic acids is 2. The number of amides is 3. The smallest absolute Gasteiger partial charge is 0.311 e. The summed E-state index contributed by atoms with van der Waals surface area (Å²) in [6.45, 7) is 0. The van der Waals surface area contributed by atoms with Crippen molar-refractivity contribution in [3.8, 4) is 0 Å². The van der Waals surface area contributed by atoms with Gasteiger partial charge in [-0.15, -0.1) is 0 Å². The van der Waals surface area contributed by atoms with E-state index in [0.29, 0.717) is 22.6 Å². The SMILES string of the molecule is CN1C(=O)C(NC(=O)Nc2ccc(Br)cc2)N=C(c2ccccc2F)c2ccccc21. The van der Waals surface area contributed by atoms with Gasteiger partial charge in [0.25, 0.3) is 5.91 Å². The number of hydrogen-bond acceptors (Lipinski definition) is 3. The van der Waals surface area contributed by atoms with Crippen molar-refractivity contribution in [2.24, 2.45) is 4.99 Å². The summed E-state index contributed by atoms with van der Waals surface area (Å²) in [4.78, 5) is 31.5. The molecule has 0 saturated heterocycles. The van der Waals surface area contributed by atoms with Crippen LogP contribution in [0.3, 0.4) is 0 Å². The van der Waals surface area contributed by atoms with Crippen LogP contribution in [0.2, 0.25) is 0 Å². The maximum atomic E-state index is 14.6. The lowest BCUT2D eigenvalue weighted by Gasteiger charge is -2.21. The molecule has 0 radical (unpaired) electrons. The van der Waals surface area contributed by atoms with Crippen LogP contribution in [0.4, 0.5) is 20.6 Å². The summed E-state index contributed by atoms with van der Waals surface area (Å²) in [5, 5.41) is 5.27. The van der Waals surface area contributed by atoms with Crippen LogP contribution in [0, 0.1) is 5.82 Å². The second kappa shape index (κ2) is 8.69. The van der Waals surface area contributed by atoms with Crippen LogP contribution < -0.4 is 15.5 Å². The summed E-state index contributed by atoms with van der Waals surface area (Å²) in [7, 11) is 1.60. The Hall–Kier alpha value is -3.52. The van der Waals surface area contributed by atoms with E-state index in [1.165, 1.54) is 11.0 Å². The minimum atomic E-state index is -1.23. The fourth-order valence-corrected chi connectivity index (χ4v) is 3.57. The minimum Gasteiger partial charge on any atom is -0.311 e. The number of fused-ring (bicyclic) bond motifs is 1. The van der Waals surface area contributed by atoms with Crippen molar-refractivity contribution in [3.05, 3.63) is 94.2 Å². The van der Waals surface area contributed by atoms with E-state index in [2.05, 4.69) is 31.6 Å².